The molecule has 0 aliphatic heterocycles. The molecule has 0 N–H and O–H groups in total. The molecule has 0 heteroatoms. The first-order chi connectivity index (χ1) is 6.60. The third kappa shape index (κ3) is 6.45. The fourth-order valence-corrected chi connectivity index (χ4v) is 1.88. The lowest BCUT2D eigenvalue weighted by atomic mass is 9.75. The summed E-state index contributed by atoms with van der Waals surface area (Å²) in [6.07, 6.45) is 6.88. The fraction of sp³-hybridized carbons (Fsp3) is 1.00. The summed E-state index contributed by atoms with van der Waals surface area (Å²) >= 11 is 0. The maximum Gasteiger partial charge on any atom is -0.0305 e. The largest absolute Gasteiger partial charge is 0.0683 e. The Morgan fingerprint density at radius 2 is 1.21 bits per heavy atom. The van der Waals surface area contributed by atoms with Gasteiger partial charge >= 0.3 is 0 Å². The zero-order valence-electron chi connectivity index (χ0n) is 11.6. The molecule has 0 fully saturated rings. The standard InChI is InChI=1S/C12H26.C2H6/c1-6-12(7-2,8-3)10-9-11(4)5;1-2/h11H,6-10H2,1-5H3;1-2H3. The van der Waals surface area contributed by atoms with Crippen LogP contribution in [0, 0.1) is 11.3 Å². The minimum Gasteiger partial charge on any atom is -0.0683 e. The Kier molecular flexibility index (Phi) is 11.2. The van der Waals surface area contributed by atoms with Crippen molar-refractivity contribution in [2.24, 2.45) is 11.3 Å². The Balaban J connectivity index is 0. The van der Waals surface area contributed by atoms with E-state index >= 15 is 0 Å². The van der Waals surface area contributed by atoms with E-state index in [1.165, 1.54) is 32.1 Å². The van der Waals surface area contributed by atoms with Gasteiger partial charge in [0.1, 0.15) is 0 Å². The van der Waals surface area contributed by atoms with E-state index < -0.39 is 0 Å². The Bertz CT molecular complexity index is 90.3. The number of hydrogen-bond acceptors (Lipinski definition) is 0. The Labute approximate surface area is 92.5 Å². The Morgan fingerprint density at radius 3 is 1.43 bits per heavy atom. The lowest BCUT2D eigenvalue weighted by Gasteiger charge is -2.31. The second kappa shape index (κ2) is 9.55. The van der Waals surface area contributed by atoms with Crippen LogP contribution in [-0.4, -0.2) is 0 Å². The van der Waals surface area contributed by atoms with Gasteiger partial charge in [-0.05, 0) is 17.8 Å². The van der Waals surface area contributed by atoms with Crippen LogP contribution in [0.3, 0.4) is 0 Å². The molecule has 0 heterocycles. The highest BCUT2D eigenvalue weighted by molar-refractivity contribution is 4.75. The molecule has 0 radical (unpaired) electrons. The monoisotopic (exact) mass is 200 g/mol. The van der Waals surface area contributed by atoms with Gasteiger partial charge in [-0.2, -0.15) is 0 Å². The average molecular weight is 200 g/mol. The average Bonchev–Trinajstić information content (AvgIpc) is 2.23. The van der Waals surface area contributed by atoms with Crippen LogP contribution in [0.25, 0.3) is 0 Å². The van der Waals surface area contributed by atoms with Crippen molar-refractivity contribution in [2.75, 3.05) is 0 Å². The van der Waals surface area contributed by atoms with Gasteiger partial charge in [-0.25, -0.2) is 0 Å². The molecule has 0 saturated carbocycles. The third-order valence-electron chi connectivity index (χ3n) is 3.50. The minimum absolute atomic E-state index is 0.657. The number of hydrogen-bond donors (Lipinski definition) is 0. The normalized spacial score (nSPS) is 11.1. The molecule has 0 aromatic heterocycles. The molecular weight excluding hydrogens is 168 g/mol. The molecule has 14 heavy (non-hydrogen) atoms. The van der Waals surface area contributed by atoms with Crippen molar-refractivity contribution in [3.63, 3.8) is 0 Å². The SMILES string of the molecule is CC.CCC(CC)(CC)CCC(C)C. The van der Waals surface area contributed by atoms with Crippen LogP contribution < -0.4 is 0 Å². The van der Waals surface area contributed by atoms with E-state index in [1.54, 1.807) is 0 Å². The van der Waals surface area contributed by atoms with E-state index in [1.807, 2.05) is 13.8 Å². The van der Waals surface area contributed by atoms with E-state index in [-0.39, 0.29) is 0 Å². The topological polar surface area (TPSA) is 0 Å². The lowest BCUT2D eigenvalue weighted by Crippen LogP contribution is -2.18. The molecular formula is C14H32. The van der Waals surface area contributed by atoms with Crippen LogP contribution in [-0.2, 0) is 0 Å². The summed E-state index contributed by atoms with van der Waals surface area (Å²) in [5.74, 6) is 0.869. The smallest absolute Gasteiger partial charge is 0.0305 e. The lowest BCUT2D eigenvalue weighted by molar-refractivity contribution is 0.212. The first-order valence-corrected chi connectivity index (χ1v) is 6.60. The van der Waals surface area contributed by atoms with Crippen LogP contribution in [0.1, 0.15) is 80.6 Å². The Morgan fingerprint density at radius 1 is 0.857 bits per heavy atom. The molecule has 0 unspecified atom stereocenters. The van der Waals surface area contributed by atoms with Gasteiger partial charge in [0.2, 0.25) is 0 Å². The van der Waals surface area contributed by atoms with E-state index in [0.29, 0.717) is 5.41 Å². The van der Waals surface area contributed by atoms with Gasteiger partial charge in [-0.1, -0.05) is 74.1 Å². The summed E-state index contributed by atoms with van der Waals surface area (Å²) in [4.78, 5) is 0. The molecule has 0 aromatic carbocycles. The van der Waals surface area contributed by atoms with Crippen molar-refractivity contribution in [1.82, 2.24) is 0 Å². The molecule has 0 atom stereocenters. The van der Waals surface area contributed by atoms with Crippen LogP contribution in [0.15, 0.2) is 0 Å². The van der Waals surface area contributed by atoms with Crippen LogP contribution in [0.5, 0.6) is 0 Å². The Hall–Kier alpha value is 0. The highest BCUT2D eigenvalue weighted by atomic mass is 14.3. The molecule has 88 valence electrons. The molecule has 0 aromatic rings. The summed E-state index contributed by atoms with van der Waals surface area (Å²) < 4.78 is 0. The summed E-state index contributed by atoms with van der Waals surface area (Å²) in [5, 5.41) is 0. The molecule has 0 aliphatic carbocycles. The minimum atomic E-state index is 0.657. The van der Waals surface area contributed by atoms with Gasteiger partial charge in [0, 0.05) is 0 Å². The summed E-state index contributed by atoms with van der Waals surface area (Å²) in [6.45, 7) is 15.7. The zero-order valence-corrected chi connectivity index (χ0v) is 11.6. The third-order valence-corrected chi connectivity index (χ3v) is 3.50. The second-order valence-electron chi connectivity index (χ2n) is 4.49. The van der Waals surface area contributed by atoms with Crippen LogP contribution >= 0.6 is 0 Å². The highest BCUT2D eigenvalue weighted by Crippen LogP contribution is 2.36. The molecule has 0 rings (SSSR count). The molecule has 0 nitrogen and oxygen atoms in total. The van der Waals surface area contributed by atoms with E-state index in [0.717, 1.165) is 5.92 Å². The van der Waals surface area contributed by atoms with E-state index in [4.69, 9.17) is 0 Å². The summed E-state index contributed by atoms with van der Waals surface area (Å²) in [6, 6.07) is 0. The van der Waals surface area contributed by atoms with Crippen molar-refractivity contribution in [2.45, 2.75) is 80.6 Å². The van der Waals surface area contributed by atoms with Crippen molar-refractivity contribution in [1.29, 1.82) is 0 Å². The maximum absolute atomic E-state index is 2.34. The van der Waals surface area contributed by atoms with Gasteiger partial charge in [0.05, 0.1) is 0 Å². The van der Waals surface area contributed by atoms with Crippen molar-refractivity contribution >= 4 is 0 Å². The van der Waals surface area contributed by atoms with E-state index in [9.17, 15) is 0 Å². The zero-order chi connectivity index (χ0) is 11.6. The van der Waals surface area contributed by atoms with Gasteiger partial charge < -0.3 is 0 Å². The van der Waals surface area contributed by atoms with Crippen molar-refractivity contribution in [3.05, 3.63) is 0 Å². The highest BCUT2D eigenvalue weighted by Gasteiger charge is 2.23. The fourth-order valence-electron chi connectivity index (χ4n) is 1.88. The van der Waals surface area contributed by atoms with Crippen molar-refractivity contribution < 1.29 is 0 Å². The predicted molar refractivity (Wildman–Crippen MR) is 68.7 cm³/mol. The molecule has 0 bridgehead atoms. The first-order valence-electron chi connectivity index (χ1n) is 6.60. The van der Waals surface area contributed by atoms with Crippen LogP contribution in [0.2, 0.25) is 0 Å². The molecule has 0 saturated heterocycles. The van der Waals surface area contributed by atoms with Gasteiger partial charge in [0.15, 0.2) is 0 Å². The predicted octanol–water partition coefficient (Wildman–Crippen LogP) is 5.67. The first kappa shape index (κ1) is 16.4. The van der Waals surface area contributed by atoms with Gasteiger partial charge in [0.25, 0.3) is 0 Å². The van der Waals surface area contributed by atoms with Crippen LogP contribution in [0.4, 0.5) is 0 Å². The number of rotatable bonds is 6. The van der Waals surface area contributed by atoms with Crippen molar-refractivity contribution in [3.8, 4) is 0 Å². The molecule has 0 spiro atoms. The second-order valence-corrected chi connectivity index (χ2v) is 4.49. The van der Waals surface area contributed by atoms with Gasteiger partial charge in [-0.15, -0.1) is 0 Å². The molecule has 0 aliphatic rings. The maximum atomic E-state index is 2.34. The van der Waals surface area contributed by atoms with E-state index in [2.05, 4.69) is 34.6 Å². The summed E-state index contributed by atoms with van der Waals surface area (Å²) in [7, 11) is 0. The quantitative estimate of drug-likeness (QED) is 0.518. The van der Waals surface area contributed by atoms with Gasteiger partial charge in [-0.3, -0.25) is 0 Å². The molecule has 0 amide bonds. The summed E-state index contributed by atoms with van der Waals surface area (Å²) in [5.41, 5.74) is 0.657.